The van der Waals surface area contributed by atoms with Gasteiger partial charge in [0, 0.05) is 16.0 Å². The van der Waals surface area contributed by atoms with Gasteiger partial charge in [-0.2, -0.15) is 11.8 Å². The Hall–Kier alpha value is 0.310. The third-order valence-corrected chi connectivity index (χ3v) is 3.36. The molecule has 0 aromatic heterocycles. The van der Waals surface area contributed by atoms with E-state index in [0.717, 1.165) is 0 Å². The molecule has 0 aromatic rings. The van der Waals surface area contributed by atoms with Gasteiger partial charge in [0.05, 0.1) is 0 Å². The normalized spacial score (nSPS) is 41.3. The highest BCUT2D eigenvalue weighted by molar-refractivity contribution is 8.01. The minimum Gasteiger partial charge on any atom is -0.327 e. The quantitative estimate of drug-likeness (QED) is 0.560. The molecule has 2 unspecified atom stereocenters. The Morgan fingerprint density at radius 2 is 2.11 bits per heavy atom. The summed E-state index contributed by atoms with van der Waals surface area (Å²) in [5.74, 6) is 0. The fourth-order valence-electron chi connectivity index (χ4n) is 1.37. The monoisotopic (exact) mass is 145 g/mol. The second-order valence-electron chi connectivity index (χ2n) is 3.45. The van der Waals surface area contributed by atoms with Gasteiger partial charge in [-0.1, -0.05) is 20.8 Å². The maximum atomic E-state index is 5.83. The topological polar surface area (TPSA) is 26.0 Å². The number of nitrogens with two attached hydrogens (primary N) is 1. The van der Waals surface area contributed by atoms with Crippen molar-refractivity contribution in [2.45, 2.75) is 43.2 Å². The first-order valence-corrected chi connectivity index (χ1v) is 4.33. The number of hydrogen-bond acceptors (Lipinski definition) is 2. The maximum absolute atomic E-state index is 5.83. The molecule has 9 heavy (non-hydrogen) atoms. The molecule has 1 aliphatic rings. The first-order valence-electron chi connectivity index (χ1n) is 3.45. The summed E-state index contributed by atoms with van der Waals surface area (Å²) in [5, 5.41) is 0.653. The van der Waals surface area contributed by atoms with Gasteiger partial charge >= 0.3 is 0 Å². The predicted molar refractivity (Wildman–Crippen MR) is 43.7 cm³/mol. The summed E-state index contributed by atoms with van der Waals surface area (Å²) in [6.07, 6.45) is 1.17. The summed E-state index contributed by atoms with van der Waals surface area (Å²) in [6.45, 7) is 6.74. The van der Waals surface area contributed by atoms with E-state index in [1.807, 2.05) is 11.8 Å². The highest BCUT2D eigenvalue weighted by atomic mass is 32.2. The van der Waals surface area contributed by atoms with Crippen LogP contribution in [0.3, 0.4) is 0 Å². The van der Waals surface area contributed by atoms with Gasteiger partial charge in [-0.15, -0.1) is 0 Å². The average molecular weight is 145 g/mol. The van der Waals surface area contributed by atoms with E-state index in [2.05, 4.69) is 20.8 Å². The maximum Gasteiger partial charge on any atom is 0.0176 e. The van der Waals surface area contributed by atoms with Crippen molar-refractivity contribution in [1.82, 2.24) is 0 Å². The fraction of sp³-hybridized carbons (Fsp3) is 1.00. The minimum atomic E-state index is 0.421. The molecule has 0 spiro atoms. The van der Waals surface area contributed by atoms with Crippen LogP contribution < -0.4 is 5.73 Å². The van der Waals surface area contributed by atoms with Gasteiger partial charge in [0.25, 0.3) is 0 Å². The van der Waals surface area contributed by atoms with E-state index in [1.54, 1.807) is 0 Å². The Morgan fingerprint density at radius 1 is 1.56 bits per heavy atom. The van der Waals surface area contributed by atoms with Gasteiger partial charge in [0.15, 0.2) is 0 Å². The van der Waals surface area contributed by atoms with Crippen molar-refractivity contribution in [2.75, 3.05) is 0 Å². The predicted octanol–water partition coefficient (Wildman–Crippen LogP) is 1.62. The molecule has 0 amide bonds. The van der Waals surface area contributed by atoms with E-state index in [-0.39, 0.29) is 0 Å². The molecule has 2 heteroatoms. The summed E-state index contributed by atoms with van der Waals surface area (Å²) in [7, 11) is 0. The molecule has 0 aliphatic carbocycles. The lowest BCUT2D eigenvalue weighted by molar-refractivity contribution is 0.569. The molecule has 2 atom stereocenters. The second-order valence-corrected chi connectivity index (χ2v) is 5.54. The average Bonchev–Trinajstić information content (AvgIpc) is 1.79. The van der Waals surface area contributed by atoms with Gasteiger partial charge in [0.1, 0.15) is 0 Å². The minimum absolute atomic E-state index is 0.421. The van der Waals surface area contributed by atoms with Crippen molar-refractivity contribution in [2.24, 2.45) is 5.73 Å². The number of rotatable bonds is 0. The van der Waals surface area contributed by atoms with Gasteiger partial charge in [-0.05, 0) is 6.42 Å². The van der Waals surface area contributed by atoms with Crippen LogP contribution >= 0.6 is 11.8 Å². The molecule has 0 aromatic carbocycles. The Bertz CT molecular complexity index is 99.5. The van der Waals surface area contributed by atoms with E-state index in [1.165, 1.54) is 6.42 Å². The molecule has 0 saturated carbocycles. The van der Waals surface area contributed by atoms with Crippen molar-refractivity contribution < 1.29 is 0 Å². The van der Waals surface area contributed by atoms with Crippen LogP contribution in [-0.2, 0) is 0 Å². The van der Waals surface area contributed by atoms with Crippen LogP contribution in [0.4, 0.5) is 0 Å². The fourth-order valence-corrected chi connectivity index (χ4v) is 2.94. The summed E-state index contributed by atoms with van der Waals surface area (Å²) < 4.78 is 0.429. The Kier molecular flexibility index (Phi) is 1.79. The van der Waals surface area contributed by atoms with Crippen LogP contribution in [0, 0.1) is 0 Å². The number of thioether (sulfide) groups is 1. The van der Waals surface area contributed by atoms with Crippen LogP contribution in [0.15, 0.2) is 0 Å². The van der Waals surface area contributed by atoms with E-state index >= 15 is 0 Å². The van der Waals surface area contributed by atoms with E-state index in [0.29, 0.717) is 16.0 Å². The summed E-state index contributed by atoms with van der Waals surface area (Å²) >= 11 is 2.01. The highest BCUT2D eigenvalue weighted by Gasteiger charge is 2.34. The van der Waals surface area contributed by atoms with Crippen LogP contribution in [0.25, 0.3) is 0 Å². The molecule has 1 saturated heterocycles. The molecule has 54 valence electrons. The number of hydrogen-bond donors (Lipinski definition) is 1. The summed E-state index contributed by atoms with van der Waals surface area (Å²) in [4.78, 5) is 0. The molecule has 1 fully saturated rings. The van der Waals surface area contributed by atoms with Gasteiger partial charge in [-0.25, -0.2) is 0 Å². The van der Waals surface area contributed by atoms with Gasteiger partial charge < -0.3 is 5.73 Å². The zero-order chi connectivity index (χ0) is 7.07. The van der Waals surface area contributed by atoms with E-state index in [9.17, 15) is 0 Å². The third kappa shape index (κ3) is 1.62. The SMILES string of the molecule is CC1SC(C)(C)CC1N. The van der Waals surface area contributed by atoms with Crippen LogP contribution in [0.1, 0.15) is 27.2 Å². The zero-order valence-corrected chi connectivity index (χ0v) is 7.16. The Morgan fingerprint density at radius 3 is 2.22 bits per heavy atom. The second kappa shape index (κ2) is 2.17. The molecule has 1 rings (SSSR count). The highest BCUT2D eigenvalue weighted by Crippen LogP contribution is 2.41. The zero-order valence-electron chi connectivity index (χ0n) is 6.35. The van der Waals surface area contributed by atoms with E-state index < -0.39 is 0 Å². The lowest BCUT2D eigenvalue weighted by Gasteiger charge is -2.14. The molecule has 1 heterocycles. The first kappa shape index (κ1) is 7.42. The van der Waals surface area contributed by atoms with Crippen LogP contribution in [0.2, 0.25) is 0 Å². The lowest BCUT2D eigenvalue weighted by atomic mass is 10.0. The molecule has 0 radical (unpaired) electrons. The molecule has 1 nitrogen and oxygen atoms in total. The van der Waals surface area contributed by atoms with Crippen molar-refractivity contribution in [3.05, 3.63) is 0 Å². The van der Waals surface area contributed by atoms with Crippen molar-refractivity contribution in [1.29, 1.82) is 0 Å². The molecule has 0 bridgehead atoms. The molecular weight excluding hydrogens is 130 g/mol. The Labute approximate surface area is 61.4 Å². The summed E-state index contributed by atoms with van der Waals surface area (Å²) in [5.41, 5.74) is 5.83. The van der Waals surface area contributed by atoms with Crippen molar-refractivity contribution >= 4 is 11.8 Å². The molecule has 2 N–H and O–H groups in total. The van der Waals surface area contributed by atoms with Crippen LogP contribution in [0.5, 0.6) is 0 Å². The standard InChI is InChI=1S/C7H15NS/c1-5-6(8)4-7(2,3)9-5/h5-6H,4,8H2,1-3H3. The summed E-state index contributed by atoms with van der Waals surface area (Å²) in [6, 6.07) is 0.421. The smallest absolute Gasteiger partial charge is 0.0176 e. The largest absolute Gasteiger partial charge is 0.327 e. The third-order valence-electron chi connectivity index (χ3n) is 1.84. The molecular formula is C7H15NS. The van der Waals surface area contributed by atoms with Crippen LogP contribution in [-0.4, -0.2) is 16.0 Å². The van der Waals surface area contributed by atoms with E-state index in [4.69, 9.17) is 5.73 Å². The van der Waals surface area contributed by atoms with Crippen molar-refractivity contribution in [3.8, 4) is 0 Å². The lowest BCUT2D eigenvalue weighted by Crippen LogP contribution is -2.26. The van der Waals surface area contributed by atoms with Gasteiger partial charge in [0.2, 0.25) is 0 Å². The van der Waals surface area contributed by atoms with Crippen molar-refractivity contribution in [3.63, 3.8) is 0 Å². The Balaban J connectivity index is 2.54. The first-order chi connectivity index (χ1) is 4.01. The molecule has 1 aliphatic heterocycles. The van der Waals surface area contributed by atoms with Gasteiger partial charge in [-0.3, -0.25) is 0 Å².